The molecule has 28 heavy (non-hydrogen) atoms. The van der Waals surface area contributed by atoms with Crippen molar-refractivity contribution in [1.82, 2.24) is 10.6 Å². The highest BCUT2D eigenvalue weighted by molar-refractivity contribution is 5.97. The third-order valence-electron chi connectivity index (χ3n) is 5.01. The van der Waals surface area contributed by atoms with Crippen LogP contribution >= 0.6 is 0 Å². The van der Waals surface area contributed by atoms with E-state index < -0.39 is 5.54 Å². The highest BCUT2D eigenvalue weighted by Crippen LogP contribution is 2.39. The number of rotatable bonds is 5. The van der Waals surface area contributed by atoms with Gasteiger partial charge in [0.1, 0.15) is 5.82 Å². The van der Waals surface area contributed by atoms with Gasteiger partial charge in [0.05, 0.1) is 5.54 Å². The van der Waals surface area contributed by atoms with E-state index in [1.807, 2.05) is 13.8 Å². The summed E-state index contributed by atoms with van der Waals surface area (Å²) in [5.41, 5.74) is 1.46. The van der Waals surface area contributed by atoms with Crippen molar-refractivity contribution < 1.29 is 14.0 Å². The van der Waals surface area contributed by atoms with Crippen LogP contribution in [0.1, 0.15) is 55.5 Å². The molecule has 3 rings (SSSR count). The minimum Gasteiger partial charge on any atom is -0.343 e. The Labute approximate surface area is 164 Å². The predicted octanol–water partition coefficient (Wildman–Crippen LogP) is 4.55. The lowest BCUT2D eigenvalue weighted by molar-refractivity contribution is 0.0898. The van der Waals surface area contributed by atoms with E-state index in [4.69, 9.17) is 0 Å². The highest BCUT2D eigenvalue weighted by Gasteiger charge is 2.37. The van der Waals surface area contributed by atoms with Gasteiger partial charge in [-0.1, -0.05) is 31.0 Å². The number of amides is 3. The molecule has 0 unspecified atom stereocenters. The first-order chi connectivity index (χ1) is 13.4. The molecule has 0 bridgehead atoms. The Morgan fingerprint density at radius 2 is 1.71 bits per heavy atom. The standard InChI is InChI=1S/C22H26FN3O2/c1-15(2)24-21(28)25-19-7-5-6-16(14-19)20(27)26-22(12-3-4-13-22)17-8-10-18(23)11-9-17/h5-11,14-15H,3-4,12-13H2,1-2H3,(H,26,27)(H2,24,25,28). The predicted molar refractivity (Wildman–Crippen MR) is 108 cm³/mol. The number of nitrogens with one attached hydrogen (secondary N) is 3. The lowest BCUT2D eigenvalue weighted by Gasteiger charge is -2.31. The summed E-state index contributed by atoms with van der Waals surface area (Å²) in [5.74, 6) is -0.499. The third kappa shape index (κ3) is 4.68. The molecule has 1 saturated carbocycles. The van der Waals surface area contributed by atoms with Crippen molar-refractivity contribution in [2.24, 2.45) is 0 Å². The Kier molecular flexibility index (Phi) is 5.97. The molecule has 1 aliphatic rings. The van der Waals surface area contributed by atoms with Gasteiger partial charge in [0.25, 0.3) is 5.91 Å². The fraction of sp³-hybridized carbons (Fsp3) is 0.364. The van der Waals surface area contributed by atoms with Crippen LogP contribution in [-0.4, -0.2) is 18.0 Å². The zero-order valence-corrected chi connectivity index (χ0v) is 16.2. The Morgan fingerprint density at radius 3 is 2.36 bits per heavy atom. The van der Waals surface area contributed by atoms with Crippen LogP contribution in [0.5, 0.6) is 0 Å². The Morgan fingerprint density at radius 1 is 1.04 bits per heavy atom. The van der Waals surface area contributed by atoms with Crippen LogP contribution in [0, 0.1) is 5.82 Å². The largest absolute Gasteiger partial charge is 0.343 e. The van der Waals surface area contributed by atoms with Crippen LogP contribution in [-0.2, 0) is 5.54 Å². The number of hydrogen-bond donors (Lipinski definition) is 3. The topological polar surface area (TPSA) is 70.2 Å². The van der Waals surface area contributed by atoms with E-state index in [9.17, 15) is 14.0 Å². The first kappa shape index (κ1) is 19.9. The normalized spacial score (nSPS) is 15.3. The molecule has 6 heteroatoms. The van der Waals surface area contributed by atoms with Crippen molar-refractivity contribution in [3.63, 3.8) is 0 Å². The fourth-order valence-corrected chi connectivity index (χ4v) is 3.69. The second kappa shape index (κ2) is 8.42. The average molecular weight is 383 g/mol. The van der Waals surface area contributed by atoms with E-state index in [0.29, 0.717) is 11.3 Å². The highest BCUT2D eigenvalue weighted by atomic mass is 19.1. The maximum Gasteiger partial charge on any atom is 0.319 e. The molecule has 2 aromatic rings. The molecule has 1 fully saturated rings. The van der Waals surface area contributed by atoms with Crippen molar-refractivity contribution in [3.05, 3.63) is 65.5 Å². The van der Waals surface area contributed by atoms with E-state index in [-0.39, 0.29) is 23.8 Å². The van der Waals surface area contributed by atoms with Gasteiger partial charge in [-0.3, -0.25) is 4.79 Å². The zero-order chi connectivity index (χ0) is 20.1. The fourth-order valence-electron chi connectivity index (χ4n) is 3.69. The van der Waals surface area contributed by atoms with Crippen LogP contribution < -0.4 is 16.0 Å². The number of halogens is 1. The quantitative estimate of drug-likeness (QED) is 0.709. The lowest BCUT2D eigenvalue weighted by atomic mass is 9.87. The van der Waals surface area contributed by atoms with Gasteiger partial charge in [-0.15, -0.1) is 0 Å². The van der Waals surface area contributed by atoms with Gasteiger partial charge in [-0.25, -0.2) is 9.18 Å². The summed E-state index contributed by atoms with van der Waals surface area (Å²) in [6, 6.07) is 12.9. The average Bonchev–Trinajstić information content (AvgIpc) is 3.11. The summed E-state index contributed by atoms with van der Waals surface area (Å²) in [6.45, 7) is 3.75. The molecule has 2 aromatic carbocycles. The minimum absolute atomic E-state index is 0.0180. The summed E-state index contributed by atoms with van der Waals surface area (Å²) in [5, 5.41) is 8.65. The van der Waals surface area contributed by atoms with Gasteiger partial charge in [-0.05, 0) is 62.6 Å². The van der Waals surface area contributed by atoms with Gasteiger partial charge in [-0.2, -0.15) is 0 Å². The molecule has 3 N–H and O–H groups in total. The Bertz CT molecular complexity index is 843. The SMILES string of the molecule is CC(C)NC(=O)Nc1cccc(C(=O)NC2(c3ccc(F)cc3)CCCC2)c1. The van der Waals surface area contributed by atoms with Crippen molar-refractivity contribution in [2.45, 2.75) is 51.1 Å². The summed E-state index contributed by atoms with van der Waals surface area (Å²) < 4.78 is 13.3. The monoisotopic (exact) mass is 383 g/mol. The van der Waals surface area contributed by atoms with Crippen LogP contribution in [0.3, 0.4) is 0 Å². The number of carbonyl (C=O) groups is 2. The Balaban J connectivity index is 1.76. The number of benzene rings is 2. The van der Waals surface area contributed by atoms with Crippen molar-refractivity contribution in [3.8, 4) is 0 Å². The second-order valence-electron chi connectivity index (χ2n) is 7.58. The van der Waals surface area contributed by atoms with Gasteiger partial charge in [0.2, 0.25) is 0 Å². The van der Waals surface area contributed by atoms with Crippen molar-refractivity contribution in [2.75, 3.05) is 5.32 Å². The van der Waals surface area contributed by atoms with E-state index in [1.54, 1.807) is 36.4 Å². The van der Waals surface area contributed by atoms with E-state index in [2.05, 4.69) is 16.0 Å². The molecule has 0 aromatic heterocycles. The van der Waals surface area contributed by atoms with Gasteiger partial charge in [0, 0.05) is 17.3 Å². The molecule has 0 atom stereocenters. The van der Waals surface area contributed by atoms with Crippen molar-refractivity contribution >= 4 is 17.6 Å². The van der Waals surface area contributed by atoms with E-state index in [1.165, 1.54) is 12.1 Å². The van der Waals surface area contributed by atoms with Gasteiger partial charge in [0.15, 0.2) is 0 Å². The molecular weight excluding hydrogens is 357 g/mol. The number of hydrogen-bond acceptors (Lipinski definition) is 2. The molecule has 1 aliphatic carbocycles. The molecule has 0 radical (unpaired) electrons. The van der Waals surface area contributed by atoms with E-state index >= 15 is 0 Å². The second-order valence-corrected chi connectivity index (χ2v) is 7.58. The summed E-state index contributed by atoms with van der Waals surface area (Å²) in [7, 11) is 0. The number of anilines is 1. The molecule has 0 spiro atoms. The third-order valence-corrected chi connectivity index (χ3v) is 5.01. The summed E-state index contributed by atoms with van der Waals surface area (Å²) >= 11 is 0. The van der Waals surface area contributed by atoms with Crippen LogP contribution in [0.15, 0.2) is 48.5 Å². The van der Waals surface area contributed by atoms with Crippen molar-refractivity contribution in [1.29, 1.82) is 0 Å². The van der Waals surface area contributed by atoms with Gasteiger partial charge >= 0.3 is 6.03 Å². The summed E-state index contributed by atoms with van der Waals surface area (Å²) in [6.07, 6.45) is 3.65. The first-order valence-corrected chi connectivity index (χ1v) is 9.64. The molecule has 5 nitrogen and oxygen atoms in total. The smallest absolute Gasteiger partial charge is 0.319 e. The molecule has 3 amide bonds. The molecule has 0 saturated heterocycles. The maximum absolute atomic E-state index is 13.3. The zero-order valence-electron chi connectivity index (χ0n) is 16.2. The molecule has 148 valence electrons. The molecular formula is C22H26FN3O2. The van der Waals surface area contributed by atoms with Crippen LogP contribution in [0.4, 0.5) is 14.9 Å². The molecule has 0 heterocycles. The van der Waals surface area contributed by atoms with Crippen LogP contribution in [0.25, 0.3) is 0 Å². The minimum atomic E-state index is -0.483. The van der Waals surface area contributed by atoms with Gasteiger partial charge < -0.3 is 16.0 Å². The maximum atomic E-state index is 13.3. The van der Waals surface area contributed by atoms with E-state index in [0.717, 1.165) is 31.2 Å². The first-order valence-electron chi connectivity index (χ1n) is 9.64. The molecule has 0 aliphatic heterocycles. The Hall–Kier alpha value is -2.89. The van der Waals surface area contributed by atoms with Crippen LogP contribution in [0.2, 0.25) is 0 Å². The number of carbonyl (C=O) groups excluding carboxylic acids is 2. The number of urea groups is 1. The lowest BCUT2D eigenvalue weighted by Crippen LogP contribution is -2.43. The summed E-state index contributed by atoms with van der Waals surface area (Å²) in [4.78, 5) is 24.8.